The van der Waals surface area contributed by atoms with Crippen LogP contribution in [-0.4, -0.2) is 45.9 Å². The van der Waals surface area contributed by atoms with Crippen LogP contribution in [0.3, 0.4) is 0 Å². The second-order valence-electron chi connectivity index (χ2n) is 4.06. The Balaban J connectivity index is 2.17. The summed E-state index contributed by atoms with van der Waals surface area (Å²) in [5.74, 6) is -0.160. The maximum absolute atomic E-state index is 11.9. The summed E-state index contributed by atoms with van der Waals surface area (Å²) in [7, 11) is 1.62. The fraction of sp³-hybridized carbons (Fsp3) is 0.500. The number of hydrogen-bond donors (Lipinski definition) is 0. The van der Waals surface area contributed by atoms with E-state index >= 15 is 0 Å². The lowest BCUT2D eigenvalue weighted by atomic mass is 10.1. The van der Waals surface area contributed by atoms with Crippen molar-refractivity contribution in [3.63, 3.8) is 0 Å². The van der Waals surface area contributed by atoms with Crippen molar-refractivity contribution >= 4 is 29.0 Å². The number of benzene rings is 1. The van der Waals surface area contributed by atoms with E-state index in [0.29, 0.717) is 42.0 Å². The maximum atomic E-state index is 11.9. The lowest BCUT2D eigenvalue weighted by Crippen LogP contribution is -2.12. The highest BCUT2D eigenvalue weighted by atomic mass is 35.5. The van der Waals surface area contributed by atoms with Gasteiger partial charge in [0, 0.05) is 30.9 Å². The van der Waals surface area contributed by atoms with Gasteiger partial charge < -0.3 is 14.2 Å². The molecule has 0 aromatic heterocycles. The minimum Gasteiger partial charge on any atom is -0.382 e. The summed E-state index contributed by atoms with van der Waals surface area (Å²) in [4.78, 5) is 11.9. The van der Waals surface area contributed by atoms with Crippen molar-refractivity contribution in [1.82, 2.24) is 0 Å². The first-order valence-corrected chi connectivity index (χ1v) is 7.03. The van der Waals surface area contributed by atoms with Crippen LogP contribution in [0.1, 0.15) is 16.8 Å². The molecule has 20 heavy (non-hydrogen) atoms. The van der Waals surface area contributed by atoms with Crippen molar-refractivity contribution in [3.05, 3.63) is 33.8 Å². The Morgan fingerprint density at radius 2 is 1.85 bits per heavy atom. The minimum absolute atomic E-state index is 0.000572. The van der Waals surface area contributed by atoms with Gasteiger partial charge in [-0.3, -0.25) is 4.79 Å². The first-order valence-electron chi connectivity index (χ1n) is 6.28. The molecule has 0 unspecified atom stereocenters. The van der Waals surface area contributed by atoms with Crippen molar-refractivity contribution in [2.24, 2.45) is 0 Å². The molecule has 112 valence electrons. The zero-order chi connectivity index (χ0) is 14.8. The summed E-state index contributed by atoms with van der Waals surface area (Å²) in [6, 6.07) is 4.77. The van der Waals surface area contributed by atoms with Gasteiger partial charge in [-0.2, -0.15) is 0 Å². The number of halogens is 2. The SMILES string of the molecule is COCCOCCCOCC(=O)c1ccc(Cl)cc1Cl. The molecule has 4 nitrogen and oxygen atoms in total. The highest BCUT2D eigenvalue weighted by Crippen LogP contribution is 2.21. The summed E-state index contributed by atoms with van der Waals surface area (Å²) in [5, 5.41) is 0.842. The Morgan fingerprint density at radius 1 is 1.10 bits per heavy atom. The molecular weight excluding hydrogens is 303 g/mol. The minimum atomic E-state index is -0.160. The van der Waals surface area contributed by atoms with E-state index in [-0.39, 0.29) is 12.4 Å². The van der Waals surface area contributed by atoms with Crippen LogP contribution in [0.15, 0.2) is 18.2 Å². The summed E-state index contributed by atoms with van der Waals surface area (Å²) in [6.45, 7) is 2.19. The molecule has 0 atom stereocenters. The van der Waals surface area contributed by atoms with Gasteiger partial charge in [0.2, 0.25) is 0 Å². The maximum Gasteiger partial charge on any atom is 0.189 e. The van der Waals surface area contributed by atoms with Crippen molar-refractivity contribution in [2.45, 2.75) is 6.42 Å². The van der Waals surface area contributed by atoms with E-state index in [0.717, 1.165) is 6.42 Å². The molecule has 1 aromatic rings. The van der Waals surface area contributed by atoms with Gasteiger partial charge in [-0.1, -0.05) is 23.2 Å². The lowest BCUT2D eigenvalue weighted by Gasteiger charge is -2.06. The molecule has 0 N–H and O–H groups in total. The molecule has 0 spiro atoms. The Hall–Kier alpha value is -0.650. The summed E-state index contributed by atoms with van der Waals surface area (Å²) < 4.78 is 15.4. The zero-order valence-corrected chi connectivity index (χ0v) is 12.9. The molecular formula is C14H18Cl2O4. The molecule has 0 bridgehead atoms. The number of carbonyl (C=O) groups excluding carboxylic acids is 1. The van der Waals surface area contributed by atoms with Gasteiger partial charge in [0.05, 0.1) is 18.2 Å². The predicted molar refractivity (Wildman–Crippen MR) is 78.9 cm³/mol. The molecule has 0 aliphatic heterocycles. The quantitative estimate of drug-likeness (QED) is 0.490. The van der Waals surface area contributed by atoms with Crippen LogP contribution < -0.4 is 0 Å². The fourth-order valence-corrected chi connectivity index (χ4v) is 1.98. The number of Topliss-reactive ketones (excluding diaryl/α,β-unsaturated/α-hetero) is 1. The summed E-state index contributed by atoms with van der Waals surface area (Å²) in [6.07, 6.45) is 0.728. The highest BCUT2D eigenvalue weighted by Gasteiger charge is 2.10. The molecule has 0 aliphatic rings. The van der Waals surface area contributed by atoms with Crippen LogP contribution in [0.25, 0.3) is 0 Å². The van der Waals surface area contributed by atoms with Crippen molar-refractivity contribution in [1.29, 1.82) is 0 Å². The molecule has 0 saturated carbocycles. The summed E-state index contributed by atoms with van der Waals surface area (Å²) >= 11 is 11.7. The highest BCUT2D eigenvalue weighted by molar-refractivity contribution is 6.36. The number of methoxy groups -OCH3 is 1. The van der Waals surface area contributed by atoms with Gasteiger partial charge in [0.1, 0.15) is 6.61 Å². The second-order valence-corrected chi connectivity index (χ2v) is 4.90. The van der Waals surface area contributed by atoms with Gasteiger partial charge in [-0.25, -0.2) is 0 Å². The normalized spacial score (nSPS) is 10.8. The first kappa shape index (κ1) is 17.4. The molecule has 6 heteroatoms. The molecule has 1 aromatic carbocycles. The van der Waals surface area contributed by atoms with Crippen LogP contribution in [-0.2, 0) is 14.2 Å². The Morgan fingerprint density at radius 3 is 2.55 bits per heavy atom. The smallest absolute Gasteiger partial charge is 0.189 e. The van der Waals surface area contributed by atoms with Crippen LogP contribution in [0.2, 0.25) is 10.0 Å². The fourth-order valence-electron chi connectivity index (χ4n) is 1.47. The van der Waals surface area contributed by atoms with Gasteiger partial charge in [-0.15, -0.1) is 0 Å². The molecule has 0 aliphatic carbocycles. The largest absolute Gasteiger partial charge is 0.382 e. The Kier molecular flexibility index (Phi) is 8.82. The summed E-state index contributed by atoms with van der Waals surface area (Å²) in [5.41, 5.74) is 0.424. The number of hydrogen-bond acceptors (Lipinski definition) is 4. The second kappa shape index (κ2) is 10.1. The van der Waals surface area contributed by atoms with E-state index in [9.17, 15) is 4.79 Å². The van der Waals surface area contributed by atoms with Crippen molar-refractivity contribution < 1.29 is 19.0 Å². The molecule has 0 fully saturated rings. The van der Waals surface area contributed by atoms with Crippen molar-refractivity contribution in [3.8, 4) is 0 Å². The van der Waals surface area contributed by atoms with Crippen LogP contribution in [0.4, 0.5) is 0 Å². The van der Waals surface area contributed by atoms with E-state index < -0.39 is 0 Å². The van der Waals surface area contributed by atoms with E-state index in [1.165, 1.54) is 0 Å². The lowest BCUT2D eigenvalue weighted by molar-refractivity contribution is 0.0488. The monoisotopic (exact) mass is 320 g/mol. The predicted octanol–water partition coefficient (Wildman–Crippen LogP) is 3.25. The average molecular weight is 321 g/mol. The van der Waals surface area contributed by atoms with Crippen LogP contribution in [0, 0.1) is 0 Å². The van der Waals surface area contributed by atoms with E-state index in [4.69, 9.17) is 37.4 Å². The van der Waals surface area contributed by atoms with Gasteiger partial charge in [-0.05, 0) is 24.6 Å². The molecule has 0 amide bonds. The standard InChI is InChI=1S/C14H18Cl2O4/c1-18-7-8-19-5-2-6-20-10-14(17)12-4-3-11(15)9-13(12)16/h3-4,9H,2,5-8,10H2,1H3. The van der Waals surface area contributed by atoms with Gasteiger partial charge >= 0.3 is 0 Å². The molecule has 1 rings (SSSR count). The number of ether oxygens (including phenoxy) is 3. The number of rotatable bonds is 10. The molecule has 0 heterocycles. The molecule has 0 saturated heterocycles. The third kappa shape index (κ3) is 6.68. The van der Waals surface area contributed by atoms with Crippen LogP contribution in [0.5, 0.6) is 0 Å². The number of carbonyl (C=O) groups is 1. The van der Waals surface area contributed by atoms with E-state index in [1.807, 2.05) is 0 Å². The van der Waals surface area contributed by atoms with E-state index in [1.54, 1.807) is 25.3 Å². The molecule has 0 radical (unpaired) electrons. The topological polar surface area (TPSA) is 44.8 Å². The van der Waals surface area contributed by atoms with E-state index in [2.05, 4.69) is 0 Å². The van der Waals surface area contributed by atoms with Crippen LogP contribution >= 0.6 is 23.2 Å². The average Bonchev–Trinajstić information content (AvgIpc) is 2.41. The van der Waals surface area contributed by atoms with Crippen molar-refractivity contribution in [2.75, 3.05) is 40.1 Å². The first-order chi connectivity index (χ1) is 9.65. The Labute approximate surface area is 128 Å². The Bertz CT molecular complexity index is 424. The number of ketones is 1. The van der Waals surface area contributed by atoms with Gasteiger partial charge in [0.15, 0.2) is 5.78 Å². The third-order valence-corrected chi connectivity index (χ3v) is 3.02. The van der Waals surface area contributed by atoms with Gasteiger partial charge in [0.25, 0.3) is 0 Å². The third-order valence-electron chi connectivity index (χ3n) is 2.47. The zero-order valence-electron chi connectivity index (χ0n) is 11.4.